The molecule has 1 aromatic carbocycles. The first-order valence-electron chi connectivity index (χ1n) is 9.86. The van der Waals surface area contributed by atoms with Crippen LogP contribution in [0.15, 0.2) is 30.9 Å². The van der Waals surface area contributed by atoms with Gasteiger partial charge >= 0.3 is 12.4 Å². The minimum Gasteiger partial charge on any atom is -0.353 e. The third-order valence-electron chi connectivity index (χ3n) is 6.53. The molecule has 1 atom stereocenters. The molecular weight excluding hydrogens is 440 g/mol. The lowest BCUT2D eigenvalue weighted by Crippen LogP contribution is -2.49. The van der Waals surface area contributed by atoms with E-state index in [1.54, 1.807) is 19.9 Å². The van der Waals surface area contributed by atoms with Crippen LogP contribution in [-0.2, 0) is 33.2 Å². The van der Waals surface area contributed by atoms with Crippen LogP contribution in [0.5, 0.6) is 0 Å². The number of hydrogen-bond acceptors (Lipinski definition) is 3. The van der Waals surface area contributed by atoms with Gasteiger partial charge in [-0.05, 0) is 35.6 Å². The van der Waals surface area contributed by atoms with Crippen molar-refractivity contribution in [3.8, 4) is 0 Å². The number of ether oxygens (including phenoxy) is 2. The summed E-state index contributed by atoms with van der Waals surface area (Å²) < 4.78 is 89.6. The second-order valence-corrected chi connectivity index (χ2v) is 8.60. The molecular formula is C22H27F6NO3. The summed E-state index contributed by atoms with van der Waals surface area (Å²) in [5.74, 6) is -1.55. The molecule has 0 aromatic heterocycles. The number of amides is 1. The molecule has 1 fully saturated rings. The molecule has 1 amide bonds. The van der Waals surface area contributed by atoms with Crippen LogP contribution in [0, 0.1) is 10.8 Å². The normalized spacial score (nSPS) is 21.4. The number of nitrogens with one attached hydrogen (secondary N) is 1. The number of alkyl halides is 6. The Balaban J connectivity index is 2.38. The number of carbonyl (C=O) groups is 1. The molecule has 2 rings (SSSR count). The number of benzene rings is 1. The van der Waals surface area contributed by atoms with E-state index in [1.165, 1.54) is 14.2 Å². The zero-order valence-electron chi connectivity index (χ0n) is 18.3. The van der Waals surface area contributed by atoms with Crippen molar-refractivity contribution in [1.29, 1.82) is 0 Å². The molecule has 1 saturated carbocycles. The molecule has 32 heavy (non-hydrogen) atoms. The van der Waals surface area contributed by atoms with Crippen LogP contribution in [0.3, 0.4) is 0 Å². The standard InChI is InChI=1S/C22H27F6NO3/c1-6-18(2,3)19(7-8-20(13-19,31-4)32-5)17(30)29-12-14-9-15(21(23,24)25)11-16(10-14)22(26,27)28/h6,9-11H,1,7-8,12-13H2,2-5H3,(H,29,30). The van der Waals surface area contributed by atoms with Gasteiger partial charge in [0, 0.05) is 33.6 Å². The minimum absolute atomic E-state index is 0.0517. The molecule has 1 aliphatic carbocycles. The van der Waals surface area contributed by atoms with Crippen molar-refractivity contribution < 1.29 is 40.6 Å². The Morgan fingerprint density at radius 3 is 1.91 bits per heavy atom. The van der Waals surface area contributed by atoms with Gasteiger partial charge in [0.1, 0.15) is 0 Å². The van der Waals surface area contributed by atoms with E-state index < -0.39 is 52.5 Å². The van der Waals surface area contributed by atoms with Crippen molar-refractivity contribution in [2.75, 3.05) is 14.2 Å². The molecule has 180 valence electrons. The number of methoxy groups -OCH3 is 2. The van der Waals surface area contributed by atoms with Crippen LogP contribution in [0.25, 0.3) is 0 Å². The zero-order chi connectivity index (χ0) is 24.6. The third-order valence-corrected chi connectivity index (χ3v) is 6.53. The van der Waals surface area contributed by atoms with Crippen molar-refractivity contribution in [2.24, 2.45) is 10.8 Å². The van der Waals surface area contributed by atoms with Gasteiger partial charge < -0.3 is 14.8 Å². The first-order valence-corrected chi connectivity index (χ1v) is 9.86. The first kappa shape index (κ1) is 26.2. The van der Waals surface area contributed by atoms with Gasteiger partial charge in [-0.25, -0.2) is 0 Å². The predicted molar refractivity (Wildman–Crippen MR) is 105 cm³/mol. The number of halogens is 6. The lowest BCUT2D eigenvalue weighted by Gasteiger charge is -2.42. The number of allylic oxidation sites excluding steroid dienone is 1. The highest BCUT2D eigenvalue weighted by Crippen LogP contribution is 2.56. The van der Waals surface area contributed by atoms with E-state index in [0.717, 1.165) is 0 Å². The predicted octanol–water partition coefficient (Wildman–Crippen LogP) is 5.71. The molecule has 0 heterocycles. The van der Waals surface area contributed by atoms with Crippen molar-refractivity contribution in [1.82, 2.24) is 5.32 Å². The maximum Gasteiger partial charge on any atom is 0.416 e. The van der Waals surface area contributed by atoms with E-state index in [0.29, 0.717) is 25.0 Å². The molecule has 1 N–H and O–H groups in total. The smallest absolute Gasteiger partial charge is 0.353 e. The van der Waals surface area contributed by atoms with Crippen molar-refractivity contribution in [3.63, 3.8) is 0 Å². The summed E-state index contributed by atoms with van der Waals surface area (Å²) in [5, 5.41) is 2.53. The van der Waals surface area contributed by atoms with Crippen molar-refractivity contribution in [3.05, 3.63) is 47.5 Å². The zero-order valence-corrected chi connectivity index (χ0v) is 18.3. The molecule has 1 aromatic rings. The van der Waals surface area contributed by atoms with Crippen LogP contribution in [-0.4, -0.2) is 25.9 Å². The van der Waals surface area contributed by atoms with E-state index in [1.807, 2.05) is 0 Å². The molecule has 0 radical (unpaired) electrons. The molecule has 0 spiro atoms. The first-order chi connectivity index (χ1) is 14.6. The monoisotopic (exact) mass is 467 g/mol. The average molecular weight is 467 g/mol. The summed E-state index contributed by atoms with van der Waals surface area (Å²) in [5.41, 5.74) is -5.03. The molecule has 1 aliphatic rings. The average Bonchev–Trinajstić information content (AvgIpc) is 3.13. The lowest BCUT2D eigenvalue weighted by molar-refractivity contribution is -0.209. The highest BCUT2D eigenvalue weighted by Gasteiger charge is 2.59. The van der Waals surface area contributed by atoms with E-state index in [9.17, 15) is 31.1 Å². The Labute approximate surface area is 183 Å². The highest BCUT2D eigenvalue weighted by atomic mass is 19.4. The summed E-state index contributed by atoms with van der Waals surface area (Å²) in [4.78, 5) is 13.3. The SMILES string of the molecule is C=CC(C)(C)C1(C(=O)NCc2cc(C(F)(F)F)cc(C(F)(F)F)c2)CCC(OC)(OC)C1. The van der Waals surface area contributed by atoms with Crippen LogP contribution < -0.4 is 5.32 Å². The minimum atomic E-state index is -4.96. The van der Waals surface area contributed by atoms with Gasteiger partial charge in [0.25, 0.3) is 0 Å². The van der Waals surface area contributed by atoms with E-state index in [-0.39, 0.29) is 18.1 Å². The fourth-order valence-electron chi connectivity index (χ4n) is 4.18. The highest BCUT2D eigenvalue weighted by molar-refractivity contribution is 5.84. The molecule has 4 nitrogen and oxygen atoms in total. The van der Waals surface area contributed by atoms with Gasteiger partial charge in [0.05, 0.1) is 16.5 Å². The fourth-order valence-corrected chi connectivity index (χ4v) is 4.18. The second kappa shape index (κ2) is 8.70. The molecule has 1 unspecified atom stereocenters. The maximum absolute atomic E-state index is 13.3. The van der Waals surface area contributed by atoms with Gasteiger partial charge in [-0.15, -0.1) is 6.58 Å². The summed E-state index contributed by atoms with van der Waals surface area (Å²) in [7, 11) is 2.89. The Kier molecular flexibility index (Phi) is 7.12. The maximum atomic E-state index is 13.3. The Bertz CT molecular complexity index is 826. The Hall–Kier alpha value is -2.07. The van der Waals surface area contributed by atoms with Crippen molar-refractivity contribution >= 4 is 5.91 Å². The second-order valence-electron chi connectivity index (χ2n) is 8.60. The van der Waals surface area contributed by atoms with Crippen LogP contribution >= 0.6 is 0 Å². The van der Waals surface area contributed by atoms with Gasteiger partial charge in [-0.1, -0.05) is 19.9 Å². The van der Waals surface area contributed by atoms with E-state index >= 15 is 0 Å². The van der Waals surface area contributed by atoms with E-state index in [2.05, 4.69) is 11.9 Å². The van der Waals surface area contributed by atoms with Crippen molar-refractivity contribution in [2.45, 2.75) is 57.8 Å². The summed E-state index contributed by atoms with van der Waals surface area (Å²) in [6, 6.07) is 1.25. The Morgan fingerprint density at radius 1 is 1.03 bits per heavy atom. The van der Waals surface area contributed by atoms with Gasteiger partial charge in [-0.2, -0.15) is 26.3 Å². The van der Waals surface area contributed by atoms with Crippen LogP contribution in [0.1, 0.15) is 49.8 Å². The van der Waals surface area contributed by atoms with Crippen LogP contribution in [0.2, 0.25) is 0 Å². The third kappa shape index (κ3) is 4.96. The number of carbonyl (C=O) groups excluding carboxylic acids is 1. The van der Waals surface area contributed by atoms with Gasteiger partial charge in [0.15, 0.2) is 5.79 Å². The van der Waals surface area contributed by atoms with E-state index in [4.69, 9.17) is 9.47 Å². The topological polar surface area (TPSA) is 47.6 Å². The number of rotatable bonds is 7. The molecule has 10 heteroatoms. The number of hydrogen-bond donors (Lipinski definition) is 1. The summed E-state index contributed by atoms with van der Waals surface area (Å²) in [6.45, 7) is 6.85. The lowest BCUT2D eigenvalue weighted by atomic mass is 9.63. The molecule has 0 bridgehead atoms. The molecule has 0 aliphatic heterocycles. The largest absolute Gasteiger partial charge is 0.416 e. The summed E-state index contributed by atoms with van der Waals surface area (Å²) in [6.07, 6.45) is -7.47. The van der Waals surface area contributed by atoms with Crippen LogP contribution in [0.4, 0.5) is 26.3 Å². The van der Waals surface area contributed by atoms with Gasteiger partial charge in [0.2, 0.25) is 5.91 Å². The Morgan fingerprint density at radius 2 is 1.53 bits per heavy atom. The summed E-state index contributed by atoms with van der Waals surface area (Å²) >= 11 is 0. The fraction of sp³-hybridized carbons (Fsp3) is 0.591. The molecule has 0 saturated heterocycles. The van der Waals surface area contributed by atoms with Gasteiger partial charge in [-0.3, -0.25) is 4.79 Å². The quantitative estimate of drug-likeness (QED) is 0.317.